The number of carbonyl (C=O) groups is 2. The third-order valence-corrected chi connectivity index (χ3v) is 8.04. The van der Waals surface area contributed by atoms with E-state index in [1.165, 1.54) is 23.4 Å². The summed E-state index contributed by atoms with van der Waals surface area (Å²) in [7, 11) is -3.71. The molecule has 3 rings (SSSR count). The molecule has 1 aliphatic rings. The van der Waals surface area contributed by atoms with Gasteiger partial charge in [-0.1, -0.05) is 49.7 Å². The minimum atomic E-state index is -3.71. The smallest absolute Gasteiger partial charge is 0.243 e. The molecular formula is C24H29ClN2O4S. The summed E-state index contributed by atoms with van der Waals surface area (Å²) in [6.07, 6.45) is 0.895. The zero-order valence-electron chi connectivity index (χ0n) is 18.5. The predicted molar refractivity (Wildman–Crippen MR) is 125 cm³/mol. The number of hydrogen-bond acceptors (Lipinski definition) is 4. The molecule has 0 aromatic heterocycles. The van der Waals surface area contributed by atoms with Crippen molar-refractivity contribution in [3.05, 3.63) is 64.7 Å². The van der Waals surface area contributed by atoms with Crippen molar-refractivity contribution in [2.75, 3.05) is 13.1 Å². The minimum absolute atomic E-state index is 0.0609. The standard InChI is InChI=1S/C24H29ClN2O4S/c1-16(2)23(18-7-9-21(25)10-8-18)26-24(29)19-11-13-27(14-12-19)32(30,31)22-6-4-5-20(15-22)17(3)28/h4-10,15-16,19,23H,11-14H2,1-3H3,(H,26,29). The summed E-state index contributed by atoms with van der Waals surface area (Å²) in [6.45, 7) is 6.02. The van der Waals surface area contributed by atoms with Gasteiger partial charge in [-0.3, -0.25) is 9.59 Å². The molecule has 0 aliphatic carbocycles. The van der Waals surface area contributed by atoms with Crippen molar-refractivity contribution in [1.82, 2.24) is 9.62 Å². The van der Waals surface area contributed by atoms with Crippen LogP contribution in [0.25, 0.3) is 0 Å². The van der Waals surface area contributed by atoms with Crippen LogP contribution in [-0.2, 0) is 14.8 Å². The van der Waals surface area contributed by atoms with Gasteiger partial charge in [0, 0.05) is 29.6 Å². The first-order valence-corrected chi connectivity index (χ1v) is 12.6. The zero-order chi connectivity index (χ0) is 23.5. The van der Waals surface area contributed by atoms with Crippen LogP contribution in [0, 0.1) is 11.8 Å². The molecule has 32 heavy (non-hydrogen) atoms. The normalized spacial score (nSPS) is 16.7. The van der Waals surface area contributed by atoms with Crippen molar-refractivity contribution in [1.29, 1.82) is 0 Å². The number of halogens is 1. The molecule has 0 bridgehead atoms. The maximum Gasteiger partial charge on any atom is 0.243 e. The quantitative estimate of drug-likeness (QED) is 0.598. The van der Waals surface area contributed by atoms with Gasteiger partial charge in [-0.2, -0.15) is 4.31 Å². The summed E-state index contributed by atoms with van der Waals surface area (Å²) >= 11 is 5.98. The molecule has 172 valence electrons. The lowest BCUT2D eigenvalue weighted by Crippen LogP contribution is -2.44. The van der Waals surface area contributed by atoms with Crippen molar-refractivity contribution >= 4 is 33.3 Å². The van der Waals surface area contributed by atoms with Crippen LogP contribution in [0.1, 0.15) is 55.6 Å². The Hall–Kier alpha value is -2.22. The van der Waals surface area contributed by atoms with E-state index in [0.29, 0.717) is 23.4 Å². The van der Waals surface area contributed by atoms with Gasteiger partial charge in [0.25, 0.3) is 0 Å². The highest BCUT2D eigenvalue weighted by molar-refractivity contribution is 7.89. The van der Waals surface area contributed by atoms with Gasteiger partial charge < -0.3 is 5.32 Å². The second-order valence-corrected chi connectivity index (χ2v) is 10.9. The van der Waals surface area contributed by atoms with Crippen LogP contribution in [-0.4, -0.2) is 37.5 Å². The summed E-state index contributed by atoms with van der Waals surface area (Å²) in [5, 5.41) is 3.78. The Morgan fingerprint density at radius 1 is 1.06 bits per heavy atom. The molecule has 1 heterocycles. The van der Waals surface area contributed by atoms with Crippen LogP contribution in [0.3, 0.4) is 0 Å². The fourth-order valence-electron chi connectivity index (χ4n) is 3.96. The Morgan fingerprint density at radius 3 is 2.25 bits per heavy atom. The fourth-order valence-corrected chi connectivity index (χ4v) is 5.60. The number of nitrogens with zero attached hydrogens (tertiary/aromatic N) is 1. The number of Topliss-reactive ketones (excluding diaryl/α,β-unsaturated/α-hetero) is 1. The first-order valence-electron chi connectivity index (χ1n) is 10.8. The molecular weight excluding hydrogens is 448 g/mol. The summed E-state index contributed by atoms with van der Waals surface area (Å²) in [5.74, 6) is -0.306. The Labute approximate surface area is 195 Å². The van der Waals surface area contributed by atoms with Gasteiger partial charge in [-0.05, 0) is 55.5 Å². The average Bonchev–Trinajstić information content (AvgIpc) is 2.78. The van der Waals surface area contributed by atoms with E-state index < -0.39 is 10.0 Å². The second-order valence-electron chi connectivity index (χ2n) is 8.54. The third-order valence-electron chi connectivity index (χ3n) is 5.90. The molecule has 2 aromatic carbocycles. The molecule has 0 saturated carbocycles. The molecule has 1 N–H and O–H groups in total. The number of amides is 1. The van der Waals surface area contributed by atoms with E-state index in [9.17, 15) is 18.0 Å². The van der Waals surface area contributed by atoms with Gasteiger partial charge in [0.15, 0.2) is 5.78 Å². The van der Waals surface area contributed by atoms with Crippen LogP contribution >= 0.6 is 11.6 Å². The number of ketones is 1. The van der Waals surface area contributed by atoms with Gasteiger partial charge in [0.2, 0.25) is 15.9 Å². The Balaban J connectivity index is 1.65. The molecule has 1 saturated heterocycles. The molecule has 1 atom stereocenters. The van der Waals surface area contributed by atoms with E-state index in [4.69, 9.17) is 11.6 Å². The van der Waals surface area contributed by atoms with Gasteiger partial charge in [0.05, 0.1) is 10.9 Å². The second kappa shape index (κ2) is 10.1. The highest BCUT2D eigenvalue weighted by Gasteiger charge is 2.33. The Kier molecular flexibility index (Phi) is 7.75. The van der Waals surface area contributed by atoms with Crippen molar-refractivity contribution < 1.29 is 18.0 Å². The van der Waals surface area contributed by atoms with Crippen molar-refractivity contribution in [2.45, 2.75) is 44.6 Å². The molecule has 2 aromatic rings. The third kappa shape index (κ3) is 5.57. The lowest BCUT2D eigenvalue weighted by atomic mass is 9.93. The number of hydrogen-bond donors (Lipinski definition) is 1. The topological polar surface area (TPSA) is 83.6 Å². The molecule has 6 nitrogen and oxygen atoms in total. The summed E-state index contributed by atoms with van der Waals surface area (Å²) in [4.78, 5) is 24.7. The minimum Gasteiger partial charge on any atom is -0.349 e. The molecule has 1 unspecified atom stereocenters. The van der Waals surface area contributed by atoms with Crippen molar-refractivity contribution in [3.8, 4) is 0 Å². The van der Waals surface area contributed by atoms with E-state index >= 15 is 0 Å². The fraction of sp³-hybridized carbons (Fsp3) is 0.417. The van der Waals surface area contributed by atoms with Crippen LogP contribution in [0.4, 0.5) is 0 Å². The number of benzene rings is 2. The molecule has 8 heteroatoms. The number of nitrogens with one attached hydrogen (secondary N) is 1. The maximum absolute atomic E-state index is 13.0. The zero-order valence-corrected chi connectivity index (χ0v) is 20.1. The van der Waals surface area contributed by atoms with E-state index in [1.54, 1.807) is 12.1 Å². The number of carbonyl (C=O) groups excluding carboxylic acids is 2. The van der Waals surface area contributed by atoms with Gasteiger partial charge >= 0.3 is 0 Å². The monoisotopic (exact) mass is 476 g/mol. The van der Waals surface area contributed by atoms with E-state index in [2.05, 4.69) is 5.32 Å². The lowest BCUT2D eigenvalue weighted by molar-refractivity contribution is -0.127. The SMILES string of the molecule is CC(=O)c1cccc(S(=O)(=O)N2CCC(C(=O)NC(c3ccc(Cl)cc3)C(C)C)CC2)c1. The number of sulfonamides is 1. The van der Waals surface area contributed by atoms with Gasteiger partial charge in [0.1, 0.15) is 0 Å². The summed E-state index contributed by atoms with van der Waals surface area (Å²) in [5.41, 5.74) is 1.35. The number of piperidine rings is 1. The van der Waals surface area contributed by atoms with Gasteiger partial charge in [-0.15, -0.1) is 0 Å². The van der Waals surface area contributed by atoms with Crippen LogP contribution < -0.4 is 5.32 Å². The van der Waals surface area contributed by atoms with Crippen molar-refractivity contribution in [3.63, 3.8) is 0 Å². The Morgan fingerprint density at radius 2 is 1.69 bits per heavy atom. The number of rotatable bonds is 7. The van der Waals surface area contributed by atoms with E-state index in [-0.39, 0.29) is 47.6 Å². The highest BCUT2D eigenvalue weighted by Crippen LogP contribution is 2.27. The molecule has 1 aliphatic heterocycles. The van der Waals surface area contributed by atoms with Crippen molar-refractivity contribution in [2.24, 2.45) is 11.8 Å². The molecule has 0 spiro atoms. The van der Waals surface area contributed by atoms with E-state index in [0.717, 1.165) is 5.56 Å². The lowest BCUT2D eigenvalue weighted by Gasteiger charge is -2.32. The molecule has 1 fully saturated rings. The Bertz CT molecular complexity index is 1080. The van der Waals surface area contributed by atoms with Crippen LogP contribution in [0.2, 0.25) is 5.02 Å². The average molecular weight is 477 g/mol. The largest absolute Gasteiger partial charge is 0.349 e. The van der Waals surface area contributed by atoms with E-state index in [1.807, 2.05) is 38.1 Å². The van der Waals surface area contributed by atoms with Crippen LogP contribution in [0.15, 0.2) is 53.4 Å². The first-order chi connectivity index (χ1) is 15.1. The predicted octanol–water partition coefficient (Wildman–Crippen LogP) is 4.46. The molecule has 0 radical (unpaired) electrons. The highest BCUT2D eigenvalue weighted by atomic mass is 35.5. The van der Waals surface area contributed by atoms with Gasteiger partial charge in [-0.25, -0.2) is 8.42 Å². The summed E-state index contributed by atoms with van der Waals surface area (Å²) < 4.78 is 27.4. The maximum atomic E-state index is 13.0. The summed E-state index contributed by atoms with van der Waals surface area (Å²) in [6, 6.07) is 13.4. The van der Waals surface area contributed by atoms with Crippen LogP contribution in [0.5, 0.6) is 0 Å². The first kappa shape index (κ1) is 24.4. The molecule has 1 amide bonds.